The number of aromatic amines is 1. The van der Waals surface area contributed by atoms with E-state index in [1.807, 2.05) is 25.7 Å². The molecule has 1 aliphatic rings. The number of carbonyl (C=O) groups excluding carboxylic acids is 1. The molecule has 140 valence electrons. The summed E-state index contributed by atoms with van der Waals surface area (Å²) in [5.74, 6) is 0.0192. The first-order valence-corrected chi connectivity index (χ1v) is 8.72. The van der Waals surface area contributed by atoms with Crippen LogP contribution < -0.4 is 4.90 Å². The van der Waals surface area contributed by atoms with E-state index >= 15 is 0 Å². The topological polar surface area (TPSA) is 74.6 Å². The van der Waals surface area contributed by atoms with Crippen LogP contribution in [0.25, 0.3) is 11.4 Å². The van der Waals surface area contributed by atoms with Crippen LogP contribution >= 0.6 is 12.2 Å². The smallest absolute Gasteiger partial charge is 0.410 e. The minimum absolute atomic E-state index is 0.141. The summed E-state index contributed by atoms with van der Waals surface area (Å²) in [7, 11) is 0. The van der Waals surface area contributed by atoms with Gasteiger partial charge in [0.2, 0.25) is 0 Å². The van der Waals surface area contributed by atoms with Gasteiger partial charge in [0.15, 0.2) is 5.82 Å². The van der Waals surface area contributed by atoms with Gasteiger partial charge in [-0.2, -0.15) is 0 Å². The highest BCUT2D eigenvalue weighted by Gasteiger charge is 2.26. The highest BCUT2D eigenvalue weighted by atomic mass is 32.1. The van der Waals surface area contributed by atoms with Gasteiger partial charge in [0.25, 0.3) is 4.84 Å². The molecule has 1 aromatic carbocycles. The van der Waals surface area contributed by atoms with Gasteiger partial charge in [-0.1, -0.05) is 5.16 Å². The lowest BCUT2D eigenvalue weighted by atomic mass is 10.1. The van der Waals surface area contributed by atoms with E-state index < -0.39 is 5.60 Å². The summed E-state index contributed by atoms with van der Waals surface area (Å²) in [6, 6.07) is 4.83. The lowest BCUT2D eigenvalue weighted by molar-refractivity contribution is 0.0240. The van der Waals surface area contributed by atoms with Crippen molar-refractivity contribution in [3.63, 3.8) is 0 Å². The number of benzene rings is 1. The Morgan fingerprint density at radius 1 is 1.31 bits per heavy atom. The van der Waals surface area contributed by atoms with E-state index in [4.69, 9.17) is 21.5 Å². The van der Waals surface area contributed by atoms with Gasteiger partial charge in [-0.3, -0.25) is 4.98 Å². The van der Waals surface area contributed by atoms with Crippen molar-refractivity contribution in [1.82, 2.24) is 15.0 Å². The Kier molecular flexibility index (Phi) is 4.99. The second kappa shape index (κ2) is 7.06. The lowest BCUT2D eigenvalue weighted by Gasteiger charge is -2.36. The van der Waals surface area contributed by atoms with Gasteiger partial charge in [-0.25, -0.2) is 9.18 Å². The van der Waals surface area contributed by atoms with Crippen LogP contribution in [0.2, 0.25) is 0 Å². The molecule has 3 rings (SSSR count). The Morgan fingerprint density at radius 3 is 2.54 bits per heavy atom. The molecule has 1 amide bonds. The molecule has 0 bridgehead atoms. The molecular weight excluding hydrogens is 359 g/mol. The Hall–Kier alpha value is -2.42. The molecule has 0 unspecified atom stereocenters. The molecule has 0 saturated carbocycles. The van der Waals surface area contributed by atoms with E-state index in [1.165, 1.54) is 6.07 Å². The highest BCUT2D eigenvalue weighted by Crippen LogP contribution is 2.26. The third kappa shape index (κ3) is 4.21. The number of hydrogen-bond donors (Lipinski definition) is 1. The molecule has 26 heavy (non-hydrogen) atoms. The first kappa shape index (κ1) is 18.4. The number of nitrogens with zero attached hydrogens (tertiary/aromatic N) is 3. The van der Waals surface area contributed by atoms with Gasteiger partial charge in [-0.05, 0) is 51.2 Å². The molecule has 1 fully saturated rings. The maximum Gasteiger partial charge on any atom is 0.410 e. The summed E-state index contributed by atoms with van der Waals surface area (Å²) >= 11 is 4.83. The van der Waals surface area contributed by atoms with Crippen molar-refractivity contribution in [3.05, 3.63) is 28.9 Å². The predicted octanol–water partition coefficient (Wildman–Crippen LogP) is 3.60. The molecule has 1 saturated heterocycles. The van der Waals surface area contributed by atoms with E-state index in [2.05, 4.69) is 10.1 Å². The minimum atomic E-state index is -0.529. The third-order valence-electron chi connectivity index (χ3n) is 3.93. The number of rotatable bonds is 2. The fourth-order valence-electron chi connectivity index (χ4n) is 2.72. The molecule has 7 nitrogen and oxygen atoms in total. The van der Waals surface area contributed by atoms with E-state index in [0.717, 1.165) is 0 Å². The zero-order chi connectivity index (χ0) is 18.9. The van der Waals surface area contributed by atoms with Crippen LogP contribution in [0.3, 0.4) is 0 Å². The number of piperazine rings is 1. The number of nitrogens with one attached hydrogen (secondary N) is 1. The highest BCUT2D eigenvalue weighted by molar-refractivity contribution is 7.71. The number of ether oxygens (including phenoxy) is 1. The maximum absolute atomic E-state index is 14.6. The van der Waals surface area contributed by atoms with Crippen LogP contribution in [0.5, 0.6) is 0 Å². The Bertz CT molecular complexity index is 850. The molecule has 2 aromatic rings. The van der Waals surface area contributed by atoms with Crippen LogP contribution in [0.15, 0.2) is 22.7 Å². The average Bonchev–Trinajstić information content (AvgIpc) is 3.00. The van der Waals surface area contributed by atoms with Crippen molar-refractivity contribution in [2.24, 2.45) is 0 Å². The largest absolute Gasteiger partial charge is 0.444 e. The SMILES string of the molecule is CC(C)(C)OC(=O)N1CCN(c2ccc(-c3noc(=S)[nH]3)cc2F)CC1. The zero-order valence-electron chi connectivity index (χ0n) is 14.9. The summed E-state index contributed by atoms with van der Waals surface area (Å²) in [5.41, 5.74) is 0.511. The van der Waals surface area contributed by atoms with Gasteiger partial charge in [-0.15, -0.1) is 0 Å². The number of H-pyrrole nitrogens is 1. The first-order chi connectivity index (χ1) is 12.2. The van der Waals surface area contributed by atoms with E-state index in [1.54, 1.807) is 17.0 Å². The van der Waals surface area contributed by atoms with Crippen LogP contribution in [0.4, 0.5) is 14.9 Å². The molecular formula is C17H21FN4O3S. The second-order valence-electron chi connectivity index (χ2n) is 7.06. The van der Waals surface area contributed by atoms with Crippen LogP contribution in [0.1, 0.15) is 20.8 Å². The van der Waals surface area contributed by atoms with Gasteiger partial charge in [0.1, 0.15) is 11.4 Å². The van der Waals surface area contributed by atoms with E-state index in [9.17, 15) is 9.18 Å². The molecule has 1 aromatic heterocycles. The normalized spacial score (nSPS) is 15.2. The van der Waals surface area contributed by atoms with Crippen molar-refractivity contribution >= 4 is 24.0 Å². The monoisotopic (exact) mass is 380 g/mol. The summed E-state index contributed by atoms with van der Waals surface area (Å²) in [4.78, 5) is 18.6. The molecule has 0 radical (unpaired) electrons. The molecule has 0 atom stereocenters. The molecule has 9 heteroatoms. The average molecular weight is 380 g/mol. The number of hydrogen-bond acceptors (Lipinski definition) is 6. The predicted molar refractivity (Wildman–Crippen MR) is 97.1 cm³/mol. The standard InChI is InChI=1S/C17H21FN4O3S/c1-17(2,3)24-16(23)22-8-6-21(7-9-22)13-5-4-11(10-12(13)18)14-19-15(26)25-20-14/h4-5,10H,6-9H2,1-3H3,(H,19,20,26). The molecule has 1 N–H and O–H groups in total. The number of anilines is 1. The lowest BCUT2D eigenvalue weighted by Crippen LogP contribution is -2.50. The fraction of sp³-hybridized carbons (Fsp3) is 0.471. The number of carbonyl (C=O) groups is 1. The maximum atomic E-state index is 14.6. The van der Waals surface area contributed by atoms with Crippen molar-refractivity contribution < 1.29 is 18.4 Å². The Balaban J connectivity index is 1.66. The molecule has 1 aliphatic heterocycles. The van der Waals surface area contributed by atoms with E-state index in [0.29, 0.717) is 43.3 Å². The number of halogens is 1. The number of amides is 1. The Morgan fingerprint density at radius 2 is 2.00 bits per heavy atom. The van der Waals surface area contributed by atoms with Crippen LogP contribution in [-0.2, 0) is 4.74 Å². The van der Waals surface area contributed by atoms with Crippen molar-refractivity contribution in [1.29, 1.82) is 0 Å². The quantitative estimate of drug-likeness (QED) is 0.803. The van der Waals surface area contributed by atoms with Gasteiger partial charge >= 0.3 is 6.09 Å². The van der Waals surface area contributed by atoms with E-state index in [-0.39, 0.29) is 16.7 Å². The van der Waals surface area contributed by atoms with Gasteiger partial charge in [0.05, 0.1) is 5.69 Å². The minimum Gasteiger partial charge on any atom is -0.444 e. The summed E-state index contributed by atoms with van der Waals surface area (Å²) < 4.78 is 24.7. The van der Waals surface area contributed by atoms with Crippen molar-refractivity contribution in [2.75, 3.05) is 31.1 Å². The zero-order valence-corrected chi connectivity index (χ0v) is 15.7. The Labute approximate surface area is 155 Å². The number of aromatic nitrogens is 2. The fourth-order valence-corrected chi connectivity index (χ4v) is 2.86. The van der Waals surface area contributed by atoms with Gasteiger partial charge < -0.3 is 19.1 Å². The van der Waals surface area contributed by atoms with Crippen LogP contribution in [-0.4, -0.2) is 52.9 Å². The van der Waals surface area contributed by atoms with Gasteiger partial charge in [0, 0.05) is 31.7 Å². The summed E-state index contributed by atoms with van der Waals surface area (Å²) in [6.45, 7) is 7.51. The molecule has 0 spiro atoms. The first-order valence-electron chi connectivity index (χ1n) is 8.32. The molecule has 2 heterocycles. The van der Waals surface area contributed by atoms with Crippen molar-refractivity contribution in [2.45, 2.75) is 26.4 Å². The second-order valence-corrected chi connectivity index (χ2v) is 7.44. The van der Waals surface area contributed by atoms with Crippen molar-refractivity contribution in [3.8, 4) is 11.4 Å². The van der Waals surface area contributed by atoms with Crippen LogP contribution in [0, 0.1) is 10.7 Å². The third-order valence-corrected chi connectivity index (χ3v) is 4.11. The molecule has 0 aliphatic carbocycles. The summed E-state index contributed by atoms with van der Waals surface area (Å²) in [6.07, 6.45) is -0.339. The summed E-state index contributed by atoms with van der Waals surface area (Å²) in [5, 5.41) is 3.75.